The van der Waals surface area contributed by atoms with Crippen LogP contribution < -0.4 is 14.8 Å². The van der Waals surface area contributed by atoms with Gasteiger partial charge < -0.3 is 19.7 Å². The van der Waals surface area contributed by atoms with E-state index in [0.717, 1.165) is 47.1 Å². The van der Waals surface area contributed by atoms with Gasteiger partial charge >= 0.3 is 6.03 Å². The van der Waals surface area contributed by atoms with Gasteiger partial charge in [-0.05, 0) is 74.0 Å². The van der Waals surface area contributed by atoms with Crippen LogP contribution >= 0.6 is 11.8 Å². The molecule has 1 saturated heterocycles. The molecule has 1 aromatic carbocycles. The fourth-order valence-corrected chi connectivity index (χ4v) is 7.98. The number of hydrogen-bond donors (Lipinski definition) is 1. The quantitative estimate of drug-likeness (QED) is 0.809. The molecule has 2 aliphatic heterocycles. The zero-order chi connectivity index (χ0) is 18.7. The molecule has 1 unspecified atom stereocenters. The Morgan fingerprint density at radius 1 is 1.04 bits per heavy atom. The monoisotopic (exact) mass is 400 g/mol. The molecule has 0 aromatic heterocycles. The van der Waals surface area contributed by atoms with Crippen molar-refractivity contribution in [3.63, 3.8) is 0 Å². The molecule has 5 nitrogen and oxygen atoms in total. The second kappa shape index (κ2) is 6.48. The maximum absolute atomic E-state index is 13.3. The number of nitrogens with one attached hydrogen (secondary N) is 1. The van der Waals surface area contributed by atoms with Crippen LogP contribution in [0.4, 0.5) is 4.79 Å². The zero-order valence-electron chi connectivity index (χ0n) is 16.2. The fourth-order valence-electron chi connectivity index (χ4n) is 6.73. The van der Waals surface area contributed by atoms with Crippen molar-refractivity contribution in [3.05, 3.63) is 23.8 Å². The summed E-state index contributed by atoms with van der Waals surface area (Å²) in [4.78, 5) is 15.4. The van der Waals surface area contributed by atoms with Gasteiger partial charge in [-0.15, -0.1) is 11.8 Å². The number of urea groups is 1. The van der Waals surface area contributed by atoms with Crippen LogP contribution in [-0.2, 0) is 0 Å². The molecule has 28 heavy (non-hydrogen) atoms. The molecule has 4 aliphatic carbocycles. The van der Waals surface area contributed by atoms with Gasteiger partial charge in [-0.2, -0.15) is 0 Å². The second-order valence-corrected chi connectivity index (χ2v) is 10.6. The number of amides is 2. The summed E-state index contributed by atoms with van der Waals surface area (Å²) in [5.41, 5.74) is 1.20. The predicted octanol–water partition coefficient (Wildman–Crippen LogP) is 4.18. The number of nitrogens with zero attached hydrogens (tertiary/aromatic N) is 1. The number of fused-ring (bicyclic) bond motifs is 1. The van der Waals surface area contributed by atoms with Crippen molar-refractivity contribution in [2.45, 2.75) is 49.4 Å². The topological polar surface area (TPSA) is 50.8 Å². The summed E-state index contributed by atoms with van der Waals surface area (Å²) in [7, 11) is 0. The van der Waals surface area contributed by atoms with Crippen molar-refractivity contribution >= 4 is 17.8 Å². The van der Waals surface area contributed by atoms with Gasteiger partial charge in [-0.3, -0.25) is 0 Å². The molecule has 1 atom stereocenters. The van der Waals surface area contributed by atoms with Crippen molar-refractivity contribution in [1.29, 1.82) is 0 Å². The number of carbonyl (C=O) groups excluding carboxylic acids is 1. The molecule has 1 N–H and O–H groups in total. The molecule has 2 amide bonds. The van der Waals surface area contributed by atoms with E-state index in [4.69, 9.17) is 9.47 Å². The van der Waals surface area contributed by atoms with Crippen molar-refractivity contribution in [2.24, 2.45) is 17.8 Å². The van der Waals surface area contributed by atoms with E-state index >= 15 is 0 Å². The Balaban J connectivity index is 1.21. The SMILES string of the molecule is O=C(NC12CC3CC(CC(C3)C1)C2)N1CCSC1c1ccc2c(c1)OCCO2. The van der Waals surface area contributed by atoms with Gasteiger partial charge in [-0.1, -0.05) is 6.07 Å². The zero-order valence-corrected chi connectivity index (χ0v) is 17.0. The summed E-state index contributed by atoms with van der Waals surface area (Å²) in [6, 6.07) is 6.26. The average molecular weight is 401 g/mol. The van der Waals surface area contributed by atoms with Crippen molar-refractivity contribution in [3.8, 4) is 11.5 Å². The lowest BCUT2D eigenvalue weighted by atomic mass is 9.53. The van der Waals surface area contributed by atoms with Gasteiger partial charge in [0.15, 0.2) is 11.5 Å². The Morgan fingerprint density at radius 3 is 2.43 bits per heavy atom. The summed E-state index contributed by atoms with van der Waals surface area (Å²) in [5, 5.41) is 3.61. The van der Waals surface area contributed by atoms with Gasteiger partial charge in [-0.25, -0.2) is 4.79 Å². The first-order chi connectivity index (χ1) is 13.7. The first-order valence-corrected chi connectivity index (χ1v) is 11.8. The molecule has 5 fully saturated rings. The third kappa shape index (κ3) is 2.87. The highest BCUT2D eigenvalue weighted by atomic mass is 32.2. The second-order valence-electron chi connectivity index (χ2n) is 9.45. The van der Waals surface area contributed by atoms with E-state index in [1.165, 1.54) is 38.5 Å². The number of carbonyl (C=O) groups is 1. The molecule has 7 rings (SSSR count). The number of rotatable bonds is 2. The molecule has 0 radical (unpaired) electrons. The first-order valence-electron chi connectivity index (χ1n) is 10.8. The Bertz CT molecular complexity index is 763. The van der Waals surface area contributed by atoms with Crippen LogP contribution in [0.3, 0.4) is 0 Å². The highest BCUT2D eigenvalue weighted by molar-refractivity contribution is 7.99. The summed E-state index contributed by atoms with van der Waals surface area (Å²) in [6.07, 6.45) is 7.78. The molecule has 1 aromatic rings. The van der Waals surface area contributed by atoms with E-state index in [-0.39, 0.29) is 16.9 Å². The number of ether oxygens (including phenoxy) is 2. The van der Waals surface area contributed by atoms with Crippen molar-refractivity contribution in [1.82, 2.24) is 10.2 Å². The Kier molecular flexibility index (Phi) is 4.00. The van der Waals surface area contributed by atoms with Crippen LogP contribution in [0.1, 0.15) is 49.5 Å². The van der Waals surface area contributed by atoms with E-state index in [9.17, 15) is 4.79 Å². The maximum atomic E-state index is 13.3. The highest BCUT2D eigenvalue weighted by Crippen LogP contribution is 2.55. The van der Waals surface area contributed by atoms with Crippen molar-refractivity contribution < 1.29 is 14.3 Å². The summed E-state index contributed by atoms with van der Waals surface area (Å²) in [6.45, 7) is 2.00. The van der Waals surface area contributed by atoms with E-state index in [1.54, 1.807) is 0 Å². The molecule has 2 heterocycles. The van der Waals surface area contributed by atoms with Gasteiger partial charge in [0.05, 0.1) is 0 Å². The van der Waals surface area contributed by atoms with Crippen LogP contribution in [0.25, 0.3) is 0 Å². The van der Waals surface area contributed by atoms with Gasteiger partial charge in [0, 0.05) is 17.8 Å². The largest absolute Gasteiger partial charge is 0.486 e. The lowest BCUT2D eigenvalue weighted by Crippen LogP contribution is -2.61. The minimum Gasteiger partial charge on any atom is -0.486 e. The third-order valence-corrected chi connectivity index (χ3v) is 8.67. The smallest absolute Gasteiger partial charge is 0.319 e. The van der Waals surface area contributed by atoms with Crippen LogP contribution in [0, 0.1) is 17.8 Å². The standard InChI is InChI=1S/C22H28N2O3S/c25-21(23-22-11-14-7-15(12-22)9-16(8-14)13-22)24-3-6-28-20(24)17-1-2-18-19(10-17)27-5-4-26-18/h1-2,10,14-16,20H,3-9,11-13H2,(H,23,25). The number of thioether (sulfide) groups is 1. The Morgan fingerprint density at radius 2 is 1.71 bits per heavy atom. The minimum atomic E-state index is 0.0599. The van der Waals surface area contributed by atoms with Crippen LogP contribution in [-0.4, -0.2) is 42.0 Å². The molecular formula is C22H28N2O3S. The Hall–Kier alpha value is -1.56. The fraction of sp³-hybridized carbons (Fsp3) is 0.682. The van der Waals surface area contributed by atoms with Gasteiger partial charge in [0.2, 0.25) is 0 Å². The van der Waals surface area contributed by atoms with Crippen LogP contribution in [0.5, 0.6) is 11.5 Å². The van der Waals surface area contributed by atoms with Gasteiger partial charge in [0.1, 0.15) is 18.6 Å². The summed E-state index contributed by atoms with van der Waals surface area (Å²) >= 11 is 1.84. The molecule has 150 valence electrons. The summed E-state index contributed by atoms with van der Waals surface area (Å²) < 4.78 is 11.4. The average Bonchev–Trinajstić information content (AvgIpc) is 3.16. The van der Waals surface area contributed by atoms with Crippen LogP contribution in [0.15, 0.2) is 18.2 Å². The van der Waals surface area contributed by atoms with E-state index < -0.39 is 0 Å². The highest BCUT2D eigenvalue weighted by Gasteiger charge is 2.52. The minimum absolute atomic E-state index is 0.0599. The third-order valence-electron chi connectivity index (χ3n) is 7.41. The normalized spacial score (nSPS) is 37.9. The molecule has 6 heteroatoms. The van der Waals surface area contributed by atoms with Crippen molar-refractivity contribution in [2.75, 3.05) is 25.5 Å². The summed E-state index contributed by atoms with van der Waals surface area (Å²) in [5.74, 6) is 5.11. The van der Waals surface area contributed by atoms with E-state index in [1.807, 2.05) is 22.7 Å². The first kappa shape index (κ1) is 17.3. The lowest BCUT2D eigenvalue weighted by Gasteiger charge is -2.57. The number of hydrogen-bond acceptors (Lipinski definition) is 4. The van der Waals surface area contributed by atoms with Crippen LogP contribution in [0.2, 0.25) is 0 Å². The molecule has 4 bridgehead atoms. The predicted molar refractivity (Wildman–Crippen MR) is 109 cm³/mol. The maximum Gasteiger partial charge on any atom is 0.319 e. The van der Waals surface area contributed by atoms with Gasteiger partial charge in [0.25, 0.3) is 0 Å². The molecule has 0 spiro atoms. The Labute approximate surface area is 170 Å². The number of benzene rings is 1. The molecule has 6 aliphatic rings. The van der Waals surface area contributed by atoms with E-state index in [2.05, 4.69) is 17.4 Å². The molecule has 4 saturated carbocycles. The molecular weight excluding hydrogens is 372 g/mol. The van der Waals surface area contributed by atoms with E-state index in [0.29, 0.717) is 13.2 Å². The lowest BCUT2D eigenvalue weighted by molar-refractivity contribution is -0.0156.